The first kappa shape index (κ1) is 13.6. The standard InChI is InChI=1S/C15H21NO/c1-4-6-9-12-17-15-11-8-7-10-14(15)13(3)16-5-2/h7-8,10-11,13,16H,5,9,12H2,1-3H3. The van der Waals surface area contributed by atoms with Gasteiger partial charge < -0.3 is 10.1 Å². The molecule has 1 atom stereocenters. The van der Waals surface area contributed by atoms with Crippen molar-refractivity contribution in [2.24, 2.45) is 0 Å². The predicted molar refractivity (Wildman–Crippen MR) is 72.1 cm³/mol. The lowest BCUT2D eigenvalue weighted by Gasteiger charge is -2.17. The zero-order valence-electron chi connectivity index (χ0n) is 10.9. The van der Waals surface area contributed by atoms with Gasteiger partial charge in [0.15, 0.2) is 0 Å². The molecule has 2 heteroatoms. The van der Waals surface area contributed by atoms with Gasteiger partial charge in [-0.25, -0.2) is 0 Å². The number of benzene rings is 1. The minimum Gasteiger partial charge on any atom is -0.492 e. The summed E-state index contributed by atoms with van der Waals surface area (Å²) in [7, 11) is 0. The topological polar surface area (TPSA) is 21.3 Å². The molecule has 17 heavy (non-hydrogen) atoms. The van der Waals surface area contributed by atoms with Crippen molar-refractivity contribution in [1.29, 1.82) is 0 Å². The summed E-state index contributed by atoms with van der Waals surface area (Å²) in [4.78, 5) is 0. The van der Waals surface area contributed by atoms with Crippen LogP contribution in [0.25, 0.3) is 0 Å². The molecule has 0 saturated heterocycles. The van der Waals surface area contributed by atoms with Crippen molar-refractivity contribution < 1.29 is 4.74 Å². The van der Waals surface area contributed by atoms with Crippen molar-refractivity contribution in [3.05, 3.63) is 29.8 Å². The third-order valence-corrected chi connectivity index (χ3v) is 2.56. The molecular weight excluding hydrogens is 210 g/mol. The van der Waals surface area contributed by atoms with E-state index >= 15 is 0 Å². The van der Waals surface area contributed by atoms with Crippen molar-refractivity contribution in [3.8, 4) is 17.6 Å². The Morgan fingerprint density at radius 3 is 2.82 bits per heavy atom. The quantitative estimate of drug-likeness (QED) is 0.600. The molecule has 1 aromatic carbocycles. The number of ether oxygens (including phenoxy) is 1. The molecule has 0 heterocycles. The number of hydrogen-bond donors (Lipinski definition) is 1. The van der Waals surface area contributed by atoms with Gasteiger partial charge in [0.1, 0.15) is 5.75 Å². The van der Waals surface area contributed by atoms with Gasteiger partial charge in [-0.3, -0.25) is 0 Å². The SMILES string of the molecule is CC#CCCOc1ccccc1C(C)NCC. The van der Waals surface area contributed by atoms with E-state index in [1.807, 2.05) is 25.1 Å². The van der Waals surface area contributed by atoms with Crippen LogP contribution in [-0.2, 0) is 0 Å². The highest BCUT2D eigenvalue weighted by atomic mass is 16.5. The fourth-order valence-corrected chi connectivity index (χ4v) is 1.72. The molecule has 0 aliphatic heterocycles. The Morgan fingerprint density at radius 1 is 1.35 bits per heavy atom. The van der Waals surface area contributed by atoms with Crippen LogP contribution >= 0.6 is 0 Å². The number of nitrogens with one attached hydrogen (secondary N) is 1. The van der Waals surface area contributed by atoms with Gasteiger partial charge in [0.05, 0.1) is 6.61 Å². The Hall–Kier alpha value is -1.46. The molecule has 0 aliphatic carbocycles. The maximum Gasteiger partial charge on any atom is 0.124 e. The summed E-state index contributed by atoms with van der Waals surface area (Å²) < 4.78 is 5.76. The molecule has 0 saturated carbocycles. The van der Waals surface area contributed by atoms with Crippen LogP contribution in [0.3, 0.4) is 0 Å². The zero-order chi connectivity index (χ0) is 12.5. The van der Waals surface area contributed by atoms with E-state index < -0.39 is 0 Å². The molecule has 0 spiro atoms. The molecular formula is C15H21NO. The summed E-state index contributed by atoms with van der Waals surface area (Å²) in [5.41, 5.74) is 1.21. The molecule has 2 nitrogen and oxygen atoms in total. The third-order valence-electron chi connectivity index (χ3n) is 2.56. The van der Waals surface area contributed by atoms with Crippen LogP contribution in [0.1, 0.15) is 38.8 Å². The second-order valence-corrected chi connectivity index (χ2v) is 3.84. The Labute approximate surface area is 104 Å². The first-order chi connectivity index (χ1) is 8.29. The second-order valence-electron chi connectivity index (χ2n) is 3.84. The van der Waals surface area contributed by atoms with Gasteiger partial charge in [-0.15, -0.1) is 11.8 Å². The smallest absolute Gasteiger partial charge is 0.124 e. The van der Waals surface area contributed by atoms with Crippen molar-refractivity contribution in [3.63, 3.8) is 0 Å². The van der Waals surface area contributed by atoms with Crippen LogP contribution < -0.4 is 10.1 Å². The summed E-state index contributed by atoms with van der Waals surface area (Å²) in [6.07, 6.45) is 0.778. The lowest BCUT2D eigenvalue weighted by molar-refractivity contribution is 0.320. The van der Waals surface area contributed by atoms with E-state index in [2.05, 4.69) is 37.1 Å². The average molecular weight is 231 g/mol. The van der Waals surface area contributed by atoms with Crippen molar-refractivity contribution in [2.45, 2.75) is 33.2 Å². The van der Waals surface area contributed by atoms with Crippen LogP contribution in [0.4, 0.5) is 0 Å². The van der Waals surface area contributed by atoms with E-state index in [4.69, 9.17) is 4.74 Å². The van der Waals surface area contributed by atoms with Crippen molar-refractivity contribution in [1.82, 2.24) is 5.32 Å². The Kier molecular flexibility index (Phi) is 6.21. The van der Waals surface area contributed by atoms with Gasteiger partial charge in [-0.2, -0.15) is 0 Å². The summed E-state index contributed by atoms with van der Waals surface area (Å²) in [5.74, 6) is 6.83. The molecule has 1 N–H and O–H groups in total. The highest BCUT2D eigenvalue weighted by Crippen LogP contribution is 2.24. The monoisotopic (exact) mass is 231 g/mol. The molecule has 0 aromatic heterocycles. The van der Waals surface area contributed by atoms with E-state index in [0.29, 0.717) is 12.6 Å². The molecule has 1 unspecified atom stereocenters. The van der Waals surface area contributed by atoms with Crippen LogP contribution in [0.5, 0.6) is 5.75 Å². The number of rotatable bonds is 6. The molecule has 0 aliphatic rings. The maximum atomic E-state index is 5.76. The Morgan fingerprint density at radius 2 is 2.12 bits per heavy atom. The van der Waals surface area contributed by atoms with Gasteiger partial charge in [0.2, 0.25) is 0 Å². The second kappa shape index (κ2) is 7.76. The molecule has 0 radical (unpaired) electrons. The number of hydrogen-bond acceptors (Lipinski definition) is 2. The van der Waals surface area contributed by atoms with Gasteiger partial charge in [-0.1, -0.05) is 25.1 Å². The van der Waals surface area contributed by atoms with E-state index in [1.165, 1.54) is 5.56 Å². The zero-order valence-corrected chi connectivity index (χ0v) is 10.9. The van der Waals surface area contributed by atoms with Gasteiger partial charge in [0.25, 0.3) is 0 Å². The summed E-state index contributed by atoms with van der Waals surface area (Å²) >= 11 is 0. The fraction of sp³-hybridized carbons (Fsp3) is 0.467. The first-order valence-corrected chi connectivity index (χ1v) is 6.14. The first-order valence-electron chi connectivity index (χ1n) is 6.14. The fourth-order valence-electron chi connectivity index (χ4n) is 1.72. The molecule has 1 aromatic rings. The molecule has 0 fully saturated rings. The third kappa shape index (κ3) is 4.50. The lowest BCUT2D eigenvalue weighted by atomic mass is 10.1. The maximum absolute atomic E-state index is 5.76. The van der Waals surface area contributed by atoms with Crippen molar-refractivity contribution >= 4 is 0 Å². The van der Waals surface area contributed by atoms with Gasteiger partial charge in [-0.05, 0) is 26.5 Å². The largest absolute Gasteiger partial charge is 0.492 e. The van der Waals surface area contributed by atoms with E-state index in [0.717, 1.165) is 18.7 Å². The van der Waals surface area contributed by atoms with Crippen LogP contribution in [-0.4, -0.2) is 13.2 Å². The minimum atomic E-state index is 0.313. The van der Waals surface area contributed by atoms with Gasteiger partial charge in [0, 0.05) is 18.0 Å². The van der Waals surface area contributed by atoms with E-state index in [9.17, 15) is 0 Å². The highest BCUT2D eigenvalue weighted by Gasteiger charge is 2.09. The van der Waals surface area contributed by atoms with Crippen LogP contribution in [0, 0.1) is 11.8 Å². The van der Waals surface area contributed by atoms with E-state index in [-0.39, 0.29) is 0 Å². The highest BCUT2D eigenvalue weighted by molar-refractivity contribution is 5.35. The Bertz CT molecular complexity index is 389. The Balaban J connectivity index is 2.65. The molecule has 92 valence electrons. The minimum absolute atomic E-state index is 0.313. The van der Waals surface area contributed by atoms with E-state index in [1.54, 1.807) is 0 Å². The summed E-state index contributed by atoms with van der Waals surface area (Å²) in [6, 6.07) is 8.48. The predicted octanol–water partition coefficient (Wildman–Crippen LogP) is 3.15. The van der Waals surface area contributed by atoms with Crippen LogP contribution in [0.15, 0.2) is 24.3 Å². The lowest BCUT2D eigenvalue weighted by Crippen LogP contribution is -2.18. The normalized spacial score (nSPS) is 11.5. The summed E-state index contributed by atoms with van der Waals surface area (Å²) in [5, 5.41) is 3.40. The molecule has 0 bridgehead atoms. The van der Waals surface area contributed by atoms with Gasteiger partial charge >= 0.3 is 0 Å². The van der Waals surface area contributed by atoms with Crippen molar-refractivity contribution in [2.75, 3.05) is 13.2 Å². The van der Waals surface area contributed by atoms with Crippen LogP contribution in [0.2, 0.25) is 0 Å². The summed E-state index contributed by atoms with van der Waals surface area (Å²) in [6.45, 7) is 7.71. The molecule has 0 amide bonds. The number of para-hydroxylation sites is 1. The average Bonchev–Trinajstić information content (AvgIpc) is 2.35. The molecule has 1 rings (SSSR count).